The molecule has 0 fully saturated rings. The normalized spacial score (nSPS) is 13.6. The molecule has 0 aliphatic carbocycles. The predicted molar refractivity (Wildman–Crippen MR) is 105 cm³/mol. The van der Waals surface area contributed by atoms with Gasteiger partial charge in [-0.05, 0) is 47.2 Å². The second-order valence-corrected chi connectivity index (χ2v) is 7.70. The average molecular weight is 354 g/mol. The minimum atomic E-state index is -0.00475. The van der Waals surface area contributed by atoms with Gasteiger partial charge in [0.1, 0.15) is 6.54 Å². The zero-order chi connectivity index (χ0) is 17.8. The molecule has 1 heterocycles. The summed E-state index contributed by atoms with van der Waals surface area (Å²) >= 11 is 1.76. The molecule has 25 heavy (non-hydrogen) atoms. The Kier molecular flexibility index (Phi) is 5.51. The topological polar surface area (TPSA) is 33.5 Å². The van der Waals surface area contributed by atoms with Crippen LogP contribution in [0.1, 0.15) is 29.0 Å². The molecular formula is C21H25N2OS+. The molecule has 3 nitrogen and oxygen atoms in total. The van der Waals surface area contributed by atoms with Crippen LogP contribution in [0.15, 0.2) is 53.9 Å². The Bertz CT molecular complexity index is 866. The Morgan fingerprint density at radius 2 is 1.92 bits per heavy atom. The van der Waals surface area contributed by atoms with Crippen molar-refractivity contribution in [3.8, 4) is 0 Å². The van der Waals surface area contributed by atoms with Gasteiger partial charge in [-0.15, -0.1) is 11.3 Å². The Balaban J connectivity index is 1.63. The molecule has 0 aliphatic heterocycles. The first kappa shape index (κ1) is 17.6. The molecule has 2 atom stereocenters. The van der Waals surface area contributed by atoms with Crippen molar-refractivity contribution in [3.63, 3.8) is 0 Å². The number of likely N-dealkylation sites (N-methyl/N-ethyl adjacent to an activating group) is 1. The van der Waals surface area contributed by atoms with Gasteiger partial charge >= 0.3 is 0 Å². The summed E-state index contributed by atoms with van der Waals surface area (Å²) in [4.78, 5) is 15.0. The number of hydrogen-bond donors (Lipinski definition) is 2. The first-order valence-electron chi connectivity index (χ1n) is 8.66. The summed E-state index contributed by atoms with van der Waals surface area (Å²) in [6.07, 6.45) is 0. The summed E-state index contributed by atoms with van der Waals surface area (Å²) in [6.45, 7) is 5.55. The third-order valence-electron chi connectivity index (χ3n) is 4.56. The van der Waals surface area contributed by atoms with Crippen LogP contribution in [0, 0.1) is 6.92 Å². The number of carbonyl (C=O) groups excluding carboxylic acids is 1. The summed E-state index contributed by atoms with van der Waals surface area (Å²) in [6, 6.07) is 16.7. The average Bonchev–Trinajstić information content (AvgIpc) is 2.98. The van der Waals surface area contributed by atoms with E-state index in [2.05, 4.69) is 68.0 Å². The number of hydrogen-bond acceptors (Lipinski definition) is 2. The van der Waals surface area contributed by atoms with E-state index in [1.54, 1.807) is 11.3 Å². The van der Waals surface area contributed by atoms with Gasteiger partial charge in [-0.1, -0.05) is 42.5 Å². The quantitative estimate of drug-likeness (QED) is 0.701. The van der Waals surface area contributed by atoms with Crippen LogP contribution in [0.4, 0.5) is 0 Å². The molecule has 1 unspecified atom stereocenters. The fraction of sp³-hybridized carbons (Fsp3) is 0.286. The van der Waals surface area contributed by atoms with Crippen molar-refractivity contribution in [2.24, 2.45) is 0 Å². The maximum absolute atomic E-state index is 12.5. The Morgan fingerprint density at radius 1 is 1.16 bits per heavy atom. The van der Waals surface area contributed by atoms with E-state index in [-0.39, 0.29) is 11.9 Å². The predicted octanol–water partition coefficient (Wildman–Crippen LogP) is 3.10. The van der Waals surface area contributed by atoms with E-state index in [0.717, 1.165) is 6.54 Å². The molecule has 3 rings (SSSR count). The molecule has 2 N–H and O–H groups in total. The monoisotopic (exact) mass is 353 g/mol. The SMILES string of the molecule is Cc1ccsc1C[NH+](C)CC(=O)N[C@H](C)c1cccc2ccccc12. The van der Waals surface area contributed by atoms with Crippen LogP contribution in [-0.2, 0) is 11.3 Å². The highest BCUT2D eigenvalue weighted by Gasteiger charge is 2.16. The second-order valence-electron chi connectivity index (χ2n) is 6.70. The highest BCUT2D eigenvalue weighted by molar-refractivity contribution is 7.10. The molecule has 0 bridgehead atoms. The molecule has 0 aliphatic rings. The number of amides is 1. The van der Waals surface area contributed by atoms with Gasteiger partial charge in [0.2, 0.25) is 0 Å². The minimum absolute atomic E-state index is 0.00475. The van der Waals surface area contributed by atoms with Crippen LogP contribution in [0.25, 0.3) is 10.8 Å². The standard InChI is InChI=1S/C21H24N2OS/c1-15-11-12-25-20(15)13-23(3)14-21(24)22-16(2)18-10-6-8-17-7-4-5-9-19(17)18/h4-12,16H,13-14H2,1-3H3,(H,22,24)/p+1/t16-/m1/s1. The third-order valence-corrected chi connectivity index (χ3v) is 5.58. The summed E-state index contributed by atoms with van der Waals surface area (Å²) in [5, 5.41) is 7.68. The first-order chi connectivity index (χ1) is 12.0. The van der Waals surface area contributed by atoms with Crippen molar-refractivity contribution < 1.29 is 9.69 Å². The number of benzene rings is 2. The fourth-order valence-electron chi connectivity index (χ4n) is 3.19. The van der Waals surface area contributed by atoms with Crippen molar-refractivity contribution in [2.45, 2.75) is 26.4 Å². The van der Waals surface area contributed by atoms with Gasteiger partial charge in [0.05, 0.1) is 18.0 Å². The van der Waals surface area contributed by atoms with E-state index >= 15 is 0 Å². The Labute approximate surface area is 153 Å². The lowest BCUT2D eigenvalue weighted by Gasteiger charge is -2.18. The van der Waals surface area contributed by atoms with Gasteiger partial charge < -0.3 is 10.2 Å². The molecule has 4 heteroatoms. The molecule has 3 aromatic rings. The van der Waals surface area contributed by atoms with Crippen LogP contribution in [0.5, 0.6) is 0 Å². The molecule has 0 saturated carbocycles. The molecule has 1 aromatic heterocycles. The highest BCUT2D eigenvalue weighted by Crippen LogP contribution is 2.23. The lowest BCUT2D eigenvalue weighted by Crippen LogP contribution is -3.08. The number of thiophene rings is 1. The Morgan fingerprint density at radius 3 is 2.68 bits per heavy atom. The van der Waals surface area contributed by atoms with Gasteiger partial charge in [0.15, 0.2) is 6.54 Å². The fourth-order valence-corrected chi connectivity index (χ4v) is 4.21. The summed E-state index contributed by atoms with van der Waals surface area (Å²) in [5.74, 6) is 0.0899. The highest BCUT2D eigenvalue weighted by atomic mass is 32.1. The number of quaternary nitrogens is 1. The number of carbonyl (C=O) groups is 1. The van der Waals surface area contributed by atoms with E-state index in [4.69, 9.17) is 0 Å². The maximum Gasteiger partial charge on any atom is 0.275 e. The van der Waals surface area contributed by atoms with Gasteiger partial charge in [0, 0.05) is 0 Å². The molecule has 130 valence electrons. The number of nitrogens with one attached hydrogen (secondary N) is 2. The summed E-state index contributed by atoms with van der Waals surface area (Å²) < 4.78 is 0. The van der Waals surface area contributed by atoms with Crippen LogP contribution < -0.4 is 10.2 Å². The van der Waals surface area contributed by atoms with Crippen molar-refractivity contribution in [1.82, 2.24) is 5.32 Å². The molecule has 0 radical (unpaired) electrons. The zero-order valence-electron chi connectivity index (χ0n) is 15.0. The Hall–Kier alpha value is -2.17. The summed E-state index contributed by atoms with van der Waals surface area (Å²) in [5.41, 5.74) is 2.48. The van der Waals surface area contributed by atoms with Crippen LogP contribution in [-0.4, -0.2) is 19.5 Å². The molecule has 0 spiro atoms. The third kappa shape index (κ3) is 4.27. The number of aryl methyl sites for hydroxylation is 1. The largest absolute Gasteiger partial charge is 0.345 e. The maximum atomic E-state index is 12.5. The van der Waals surface area contributed by atoms with E-state index < -0.39 is 0 Å². The van der Waals surface area contributed by atoms with E-state index in [1.165, 1.54) is 31.7 Å². The van der Waals surface area contributed by atoms with Gasteiger partial charge in [-0.2, -0.15) is 0 Å². The van der Waals surface area contributed by atoms with E-state index in [1.807, 2.05) is 12.1 Å². The van der Waals surface area contributed by atoms with E-state index in [9.17, 15) is 4.79 Å². The van der Waals surface area contributed by atoms with Gasteiger partial charge in [0.25, 0.3) is 5.91 Å². The lowest BCUT2D eigenvalue weighted by atomic mass is 10.00. The van der Waals surface area contributed by atoms with Crippen molar-refractivity contribution in [3.05, 3.63) is 69.9 Å². The zero-order valence-corrected chi connectivity index (χ0v) is 15.8. The first-order valence-corrected chi connectivity index (χ1v) is 9.54. The van der Waals surface area contributed by atoms with Crippen LogP contribution in [0.3, 0.4) is 0 Å². The van der Waals surface area contributed by atoms with Gasteiger partial charge in [-0.25, -0.2) is 0 Å². The minimum Gasteiger partial charge on any atom is -0.345 e. The van der Waals surface area contributed by atoms with E-state index in [0.29, 0.717) is 6.54 Å². The molecule has 1 amide bonds. The van der Waals surface area contributed by atoms with Crippen molar-refractivity contribution in [1.29, 1.82) is 0 Å². The number of fused-ring (bicyclic) bond motifs is 1. The molecular weight excluding hydrogens is 328 g/mol. The molecule has 2 aromatic carbocycles. The molecule has 0 saturated heterocycles. The van der Waals surface area contributed by atoms with Gasteiger partial charge in [-0.3, -0.25) is 4.79 Å². The number of rotatable bonds is 6. The van der Waals surface area contributed by atoms with Crippen LogP contribution in [0.2, 0.25) is 0 Å². The van der Waals surface area contributed by atoms with Crippen molar-refractivity contribution in [2.75, 3.05) is 13.6 Å². The lowest BCUT2D eigenvalue weighted by molar-refractivity contribution is -0.885. The van der Waals surface area contributed by atoms with Crippen LogP contribution >= 0.6 is 11.3 Å². The smallest absolute Gasteiger partial charge is 0.275 e. The summed E-state index contributed by atoms with van der Waals surface area (Å²) in [7, 11) is 2.07. The second kappa shape index (κ2) is 7.81. The van der Waals surface area contributed by atoms with Crippen molar-refractivity contribution >= 4 is 28.0 Å².